The molecule has 0 aliphatic heterocycles. The van der Waals surface area contributed by atoms with Gasteiger partial charge in [-0.3, -0.25) is 4.79 Å². The molecule has 1 aromatic heterocycles. The largest absolute Gasteiger partial charge is 0.481 e. The second kappa shape index (κ2) is 7.16. The molecule has 0 atom stereocenters. The fourth-order valence-electron chi connectivity index (χ4n) is 1.80. The zero-order valence-corrected chi connectivity index (χ0v) is 12.0. The average molecular weight is 304 g/mol. The van der Waals surface area contributed by atoms with Gasteiger partial charge in [-0.25, -0.2) is 4.79 Å². The van der Waals surface area contributed by atoms with Crippen LogP contribution in [0.5, 0.6) is 0 Å². The number of aliphatic carboxylic acids is 1. The standard InChI is InChI=1S/C13H16N6O3/c1-9-16-17-18-19(9)11-5-2-4-10(8-11)15-13(22)14-7-3-6-12(20)21/h2,4-5,8H,3,6-7H2,1H3,(H,20,21)(H2,14,15,22). The molecule has 0 aliphatic rings. The van der Waals surface area contributed by atoms with Gasteiger partial charge < -0.3 is 15.7 Å². The summed E-state index contributed by atoms with van der Waals surface area (Å²) in [6, 6.07) is 6.67. The molecule has 0 saturated carbocycles. The summed E-state index contributed by atoms with van der Waals surface area (Å²) >= 11 is 0. The third kappa shape index (κ3) is 4.27. The number of amides is 2. The van der Waals surface area contributed by atoms with E-state index in [4.69, 9.17) is 5.11 Å². The number of carboxylic acid groups (broad SMARTS) is 1. The maximum atomic E-state index is 11.7. The number of urea groups is 1. The molecule has 9 heteroatoms. The van der Waals surface area contributed by atoms with E-state index in [-0.39, 0.29) is 6.42 Å². The van der Waals surface area contributed by atoms with E-state index in [0.29, 0.717) is 24.5 Å². The highest BCUT2D eigenvalue weighted by Crippen LogP contribution is 2.14. The lowest BCUT2D eigenvalue weighted by Gasteiger charge is -2.08. The summed E-state index contributed by atoms with van der Waals surface area (Å²) in [6.07, 6.45) is 0.404. The first-order valence-corrected chi connectivity index (χ1v) is 6.68. The zero-order valence-electron chi connectivity index (χ0n) is 12.0. The first kappa shape index (κ1) is 15.4. The van der Waals surface area contributed by atoms with Gasteiger partial charge in [0, 0.05) is 18.7 Å². The summed E-state index contributed by atoms with van der Waals surface area (Å²) in [5.74, 6) is -0.248. The van der Waals surface area contributed by atoms with Crippen LogP contribution in [0.2, 0.25) is 0 Å². The van der Waals surface area contributed by atoms with Crippen molar-refractivity contribution in [3.63, 3.8) is 0 Å². The minimum atomic E-state index is -0.883. The molecular weight excluding hydrogens is 288 g/mol. The van der Waals surface area contributed by atoms with E-state index in [1.165, 1.54) is 0 Å². The zero-order chi connectivity index (χ0) is 15.9. The molecule has 0 saturated heterocycles. The minimum absolute atomic E-state index is 0.0222. The van der Waals surface area contributed by atoms with Gasteiger partial charge in [-0.05, 0) is 42.0 Å². The fourth-order valence-corrected chi connectivity index (χ4v) is 1.80. The predicted octanol–water partition coefficient (Wildman–Crippen LogP) is 0.957. The van der Waals surface area contributed by atoms with Crippen molar-refractivity contribution in [2.75, 3.05) is 11.9 Å². The number of aromatic nitrogens is 4. The van der Waals surface area contributed by atoms with Crippen LogP contribution < -0.4 is 10.6 Å². The highest BCUT2D eigenvalue weighted by Gasteiger charge is 2.06. The van der Waals surface area contributed by atoms with Crippen LogP contribution in [0.15, 0.2) is 24.3 Å². The van der Waals surface area contributed by atoms with Gasteiger partial charge in [-0.2, -0.15) is 4.68 Å². The van der Waals surface area contributed by atoms with Crippen LogP contribution in [0.1, 0.15) is 18.7 Å². The van der Waals surface area contributed by atoms with Crippen molar-refractivity contribution in [3.8, 4) is 5.69 Å². The van der Waals surface area contributed by atoms with Crippen molar-refractivity contribution in [2.45, 2.75) is 19.8 Å². The third-order valence-corrected chi connectivity index (χ3v) is 2.83. The molecule has 0 aliphatic carbocycles. The molecule has 22 heavy (non-hydrogen) atoms. The van der Waals surface area contributed by atoms with Gasteiger partial charge in [-0.1, -0.05) is 6.07 Å². The van der Waals surface area contributed by atoms with Crippen LogP contribution >= 0.6 is 0 Å². The van der Waals surface area contributed by atoms with Crippen LogP contribution in [0, 0.1) is 6.92 Å². The number of nitrogens with one attached hydrogen (secondary N) is 2. The molecule has 1 aromatic carbocycles. The van der Waals surface area contributed by atoms with Crippen molar-refractivity contribution < 1.29 is 14.7 Å². The topological polar surface area (TPSA) is 122 Å². The number of aryl methyl sites for hydroxylation is 1. The lowest BCUT2D eigenvalue weighted by molar-refractivity contribution is -0.137. The molecule has 2 rings (SSSR count). The molecule has 0 spiro atoms. The second-order valence-corrected chi connectivity index (χ2v) is 4.57. The first-order valence-electron chi connectivity index (χ1n) is 6.68. The summed E-state index contributed by atoms with van der Waals surface area (Å²) in [5.41, 5.74) is 1.31. The quantitative estimate of drug-likeness (QED) is 0.683. The number of carboxylic acids is 1. The molecule has 2 amide bonds. The number of hydrogen-bond donors (Lipinski definition) is 3. The first-order chi connectivity index (χ1) is 10.6. The molecule has 9 nitrogen and oxygen atoms in total. The lowest BCUT2D eigenvalue weighted by Crippen LogP contribution is -2.29. The highest BCUT2D eigenvalue weighted by molar-refractivity contribution is 5.89. The highest BCUT2D eigenvalue weighted by atomic mass is 16.4. The number of hydrogen-bond acceptors (Lipinski definition) is 5. The number of tetrazole rings is 1. The monoisotopic (exact) mass is 304 g/mol. The molecule has 2 aromatic rings. The molecule has 116 valence electrons. The van der Waals surface area contributed by atoms with Crippen LogP contribution in [-0.2, 0) is 4.79 Å². The summed E-state index contributed by atoms with van der Waals surface area (Å²) in [4.78, 5) is 22.1. The second-order valence-electron chi connectivity index (χ2n) is 4.57. The summed E-state index contributed by atoms with van der Waals surface area (Å²) in [5, 5.41) is 25.0. The average Bonchev–Trinajstić information content (AvgIpc) is 2.90. The number of benzene rings is 1. The van der Waals surface area contributed by atoms with E-state index in [2.05, 4.69) is 26.2 Å². The maximum absolute atomic E-state index is 11.7. The number of rotatable bonds is 6. The molecule has 1 heterocycles. The van der Waals surface area contributed by atoms with Gasteiger partial charge in [-0.15, -0.1) is 5.10 Å². The van der Waals surface area contributed by atoms with Crippen molar-refractivity contribution in [2.24, 2.45) is 0 Å². The van der Waals surface area contributed by atoms with E-state index in [1.54, 1.807) is 29.8 Å². The fraction of sp³-hybridized carbons (Fsp3) is 0.308. The Morgan fingerprint density at radius 2 is 2.18 bits per heavy atom. The Hall–Kier alpha value is -2.97. The van der Waals surface area contributed by atoms with Gasteiger partial charge >= 0.3 is 12.0 Å². The Balaban J connectivity index is 1.92. The molecule has 3 N–H and O–H groups in total. The van der Waals surface area contributed by atoms with Crippen LogP contribution in [0.25, 0.3) is 5.69 Å². The number of carbonyl (C=O) groups is 2. The van der Waals surface area contributed by atoms with E-state index in [0.717, 1.165) is 5.69 Å². The van der Waals surface area contributed by atoms with Gasteiger partial charge in [0.2, 0.25) is 0 Å². The Kier molecular flexibility index (Phi) is 5.02. The van der Waals surface area contributed by atoms with Crippen molar-refractivity contribution >= 4 is 17.7 Å². The van der Waals surface area contributed by atoms with Crippen LogP contribution in [-0.4, -0.2) is 43.9 Å². The molecule has 0 unspecified atom stereocenters. The van der Waals surface area contributed by atoms with Crippen molar-refractivity contribution in [1.82, 2.24) is 25.5 Å². The minimum Gasteiger partial charge on any atom is -0.481 e. The van der Waals surface area contributed by atoms with Gasteiger partial charge in [0.1, 0.15) is 0 Å². The smallest absolute Gasteiger partial charge is 0.319 e. The van der Waals surface area contributed by atoms with Crippen molar-refractivity contribution in [1.29, 1.82) is 0 Å². The molecule has 0 fully saturated rings. The van der Waals surface area contributed by atoms with E-state index >= 15 is 0 Å². The summed E-state index contributed by atoms with van der Waals surface area (Å²) < 4.78 is 1.55. The van der Waals surface area contributed by atoms with Crippen molar-refractivity contribution in [3.05, 3.63) is 30.1 Å². The number of carbonyl (C=O) groups excluding carboxylic acids is 1. The molecule has 0 radical (unpaired) electrons. The Morgan fingerprint density at radius 1 is 1.36 bits per heavy atom. The Morgan fingerprint density at radius 3 is 2.86 bits per heavy atom. The SMILES string of the molecule is Cc1nnnn1-c1cccc(NC(=O)NCCCC(=O)O)c1. The number of anilines is 1. The van der Waals surface area contributed by atoms with E-state index in [1.807, 2.05) is 6.07 Å². The Bertz CT molecular complexity index is 669. The predicted molar refractivity (Wildman–Crippen MR) is 77.8 cm³/mol. The van der Waals surface area contributed by atoms with E-state index < -0.39 is 12.0 Å². The van der Waals surface area contributed by atoms with E-state index in [9.17, 15) is 9.59 Å². The van der Waals surface area contributed by atoms with Crippen LogP contribution in [0.3, 0.4) is 0 Å². The maximum Gasteiger partial charge on any atom is 0.319 e. The summed E-state index contributed by atoms with van der Waals surface area (Å²) in [7, 11) is 0. The van der Waals surface area contributed by atoms with Gasteiger partial charge in [0.05, 0.1) is 5.69 Å². The lowest BCUT2D eigenvalue weighted by atomic mass is 10.3. The van der Waals surface area contributed by atoms with Gasteiger partial charge in [0.25, 0.3) is 0 Å². The Labute approximate surface area is 126 Å². The normalized spacial score (nSPS) is 10.2. The third-order valence-electron chi connectivity index (χ3n) is 2.83. The number of nitrogens with zero attached hydrogens (tertiary/aromatic N) is 4. The molecule has 0 bridgehead atoms. The van der Waals surface area contributed by atoms with Gasteiger partial charge in [0.15, 0.2) is 5.82 Å². The van der Waals surface area contributed by atoms with Crippen LogP contribution in [0.4, 0.5) is 10.5 Å². The summed E-state index contributed by atoms with van der Waals surface area (Å²) in [6.45, 7) is 2.07. The molecular formula is C13H16N6O3.